The third-order valence-corrected chi connectivity index (χ3v) is 4.59. The number of nitrogens with zero attached hydrogens (tertiary/aromatic N) is 3. The Kier molecular flexibility index (Phi) is 4.22. The third-order valence-electron chi connectivity index (χ3n) is 3.83. The quantitative estimate of drug-likeness (QED) is 0.530. The topological polar surface area (TPSA) is 42.7 Å². The number of anilines is 2. The zero-order valence-corrected chi connectivity index (χ0v) is 14.6. The SMILES string of the molecule is Cc1cn(-c2ccc(-c3csc(Nc4ccc(F)cc4)n3)cc2F)cn1. The molecule has 0 bridgehead atoms. The number of imidazole rings is 1. The predicted octanol–water partition coefficient (Wildman–Crippen LogP) is 5.33. The highest BCUT2D eigenvalue weighted by Gasteiger charge is 2.10. The van der Waals surface area contributed by atoms with Gasteiger partial charge < -0.3 is 9.88 Å². The van der Waals surface area contributed by atoms with Gasteiger partial charge in [0.05, 0.1) is 23.4 Å². The molecule has 0 spiro atoms. The zero-order chi connectivity index (χ0) is 18.1. The van der Waals surface area contributed by atoms with Crippen LogP contribution in [0.25, 0.3) is 16.9 Å². The lowest BCUT2D eigenvalue weighted by molar-refractivity contribution is 0.618. The lowest BCUT2D eigenvalue weighted by Crippen LogP contribution is -1.95. The highest BCUT2D eigenvalue weighted by atomic mass is 32.1. The number of aryl methyl sites for hydroxylation is 1. The molecule has 0 atom stereocenters. The minimum absolute atomic E-state index is 0.293. The summed E-state index contributed by atoms with van der Waals surface area (Å²) in [7, 11) is 0. The van der Waals surface area contributed by atoms with Gasteiger partial charge in [0.25, 0.3) is 0 Å². The molecule has 0 saturated carbocycles. The Labute approximate surface area is 152 Å². The first-order valence-corrected chi connectivity index (χ1v) is 8.75. The molecular weight excluding hydrogens is 354 g/mol. The van der Waals surface area contributed by atoms with E-state index in [1.807, 2.05) is 18.4 Å². The number of nitrogens with one attached hydrogen (secondary N) is 1. The average molecular weight is 368 g/mol. The molecule has 7 heteroatoms. The number of thiazole rings is 1. The van der Waals surface area contributed by atoms with Crippen LogP contribution >= 0.6 is 11.3 Å². The van der Waals surface area contributed by atoms with Crippen LogP contribution in [0.2, 0.25) is 0 Å². The summed E-state index contributed by atoms with van der Waals surface area (Å²) in [5.41, 5.74) is 3.36. The zero-order valence-electron chi connectivity index (χ0n) is 13.8. The van der Waals surface area contributed by atoms with Crippen LogP contribution in [0.3, 0.4) is 0 Å². The van der Waals surface area contributed by atoms with E-state index in [2.05, 4.69) is 15.3 Å². The Morgan fingerprint density at radius 3 is 2.58 bits per heavy atom. The number of hydrogen-bond acceptors (Lipinski definition) is 4. The molecule has 4 nitrogen and oxygen atoms in total. The number of aromatic nitrogens is 3. The molecule has 4 aromatic rings. The Hall–Kier alpha value is -3.06. The van der Waals surface area contributed by atoms with E-state index in [0.29, 0.717) is 22.1 Å². The first-order chi connectivity index (χ1) is 12.6. The standard InChI is InChI=1S/C19H14F2N4S/c1-12-9-25(11-22-12)18-7-2-13(8-16(18)21)17-10-26-19(24-17)23-15-5-3-14(20)4-6-15/h2-11H,1H3,(H,23,24). The van der Waals surface area contributed by atoms with Gasteiger partial charge >= 0.3 is 0 Å². The van der Waals surface area contributed by atoms with Gasteiger partial charge in [0.15, 0.2) is 5.13 Å². The summed E-state index contributed by atoms with van der Waals surface area (Å²) >= 11 is 1.40. The lowest BCUT2D eigenvalue weighted by Gasteiger charge is -2.05. The number of halogens is 2. The first kappa shape index (κ1) is 16.4. The van der Waals surface area contributed by atoms with E-state index >= 15 is 0 Å². The molecule has 130 valence electrons. The molecule has 26 heavy (non-hydrogen) atoms. The van der Waals surface area contributed by atoms with Crippen molar-refractivity contribution in [3.8, 4) is 16.9 Å². The van der Waals surface area contributed by atoms with Crippen LogP contribution in [-0.2, 0) is 0 Å². The molecule has 1 N–H and O–H groups in total. The van der Waals surface area contributed by atoms with Gasteiger partial charge in [0.1, 0.15) is 11.6 Å². The number of benzene rings is 2. The van der Waals surface area contributed by atoms with Crippen molar-refractivity contribution in [2.24, 2.45) is 0 Å². The molecule has 0 amide bonds. The Morgan fingerprint density at radius 2 is 1.88 bits per heavy atom. The monoisotopic (exact) mass is 368 g/mol. The van der Waals surface area contributed by atoms with Crippen LogP contribution < -0.4 is 5.32 Å². The van der Waals surface area contributed by atoms with Crippen LogP contribution in [0.15, 0.2) is 60.4 Å². The van der Waals surface area contributed by atoms with Gasteiger partial charge in [-0.1, -0.05) is 6.07 Å². The second-order valence-corrected chi connectivity index (χ2v) is 6.62. The van der Waals surface area contributed by atoms with Gasteiger partial charge in [-0.15, -0.1) is 11.3 Å². The summed E-state index contributed by atoms with van der Waals surface area (Å²) < 4.78 is 29.1. The molecule has 0 aliphatic rings. The van der Waals surface area contributed by atoms with Gasteiger partial charge in [-0.05, 0) is 43.3 Å². The average Bonchev–Trinajstić information content (AvgIpc) is 3.26. The molecule has 0 radical (unpaired) electrons. The van der Waals surface area contributed by atoms with Crippen molar-refractivity contribution in [1.29, 1.82) is 0 Å². The Balaban J connectivity index is 1.57. The van der Waals surface area contributed by atoms with Crippen LogP contribution in [0.1, 0.15) is 5.69 Å². The molecule has 0 fully saturated rings. The molecular formula is C19H14F2N4S. The van der Waals surface area contributed by atoms with E-state index in [1.54, 1.807) is 35.3 Å². The number of hydrogen-bond donors (Lipinski definition) is 1. The normalized spacial score (nSPS) is 10.9. The molecule has 0 aliphatic carbocycles. The summed E-state index contributed by atoms with van der Waals surface area (Å²) in [5.74, 6) is -0.639. The highest BCUT2D eigenvalue weighted by Crippen LogP contribution is 2.29. The minimum atomic E-state index is -0.346. The minimum Gasteiger partial charge on any atom is -0.332 e. The van der Waals surface area contributed by atoms with Crippen LogP contribution in [0, 0.1) is 18.6 Å². The molecule has 0 aliphatic heterocycles. The van der Waals surface area contributed by atoms with Crippen molar-refractivity contribution in [3.05, 3.63) is 77.7 Å². The molecule has 2 heterocycles. The third kappa shape index (κ3) is 3.34. The smallest absolute Gasteiger partial charge is 0.187 e. The predicted molar refractivity (Wildman–Crippen MR) is 99.0 cm³/mol. The van der Waals surface area contributed by atoms with Crippen molar-refractivity contribution in [2.45, 2.75) is 6.92 Å². The summed E-state index contributed by atoms with van der Waals surface area (Å²) in [6.45, 7) is 1.85. The molecule has 0 unspecified atom stereocenters. The van der Waals surface area contributed by atoms with E-state index in [1.165, 1.54) is 29.5 Å². The maximum absolute atomic E-state index is 14.5. The maximum Gasteiger partial charge on any atom is 0.187 e. The van der Waals surface area contributed by atoms with Gasteiger partial charge in [0, 0.05) is 22.8 Å². The van der Waals surface area contributed by atoms with Gasteiger partial charge in [-0.3, -0.25) is 0 Å². The van der Waals surface area contributed by atoms with Crippen molar-refractivity contribution < 1.29 is 8.78 Å². The summed E-state index contributed by atoms with van der Waals surface area (Å²) in [6, 6.07) is 11.0. The molecule has 2 aromatic carbocycles. The molecule has 0 saturated heterocycles. The van der Waals surface area contributed by atoms with Crippen molar-refractivity contribution >= 4 is 22.2 Å². The molecule has 4 rings (SSSR count). The summed E-state index contributed by atoms with van der Waals surface area (Å²) in [4.78, 5) is 8.59. The Morgan fingerprint density at radius 1 is 1.08 bits per heavy atom. The summed E-state index contributed by atoms with van der Waals surface area (Å²) in [5, 5.41) is 5.61. The maximum atomic E-state index is 14.5. The second-order valence-electron chi connectivity index (χ2n) is 5.76. The van der Waals surface area contributed by atoms with Crippen LogP contribution in [0.5, 0.6) is 0 Å². The second kappa shape index (κ2) is 6.68. The summed E-state index contributed by atoms with van der Waals surface area (Å²) in [6.07, 6.45) is 3.35. The van der Waals surface area contributed by atoms with E-state index in [0.717, 1.165) is 11.4 Å². The highest BCUT2D eigenvalue weighted by molar-refractivity contribution is 7.14. The van der Waals surface area contributed by atoms with E-state index in [-0.39, 0.29) is 11.6 Å². The van der Waals surface area contributed by atoms with Crippen LogP contribution in [-0.4, -0.2) is 14.5 Å². The van der Waals surface area contributed by atoms with Gasteiger partial charge in [-0.25, -0.2) is 18.7 Å². The van der Waals surface area contributed by atoms with Gasteiger partial charge in [0.2, 0.25) is 0 Å². The first-order valence-electron chi connectivity index (χ1n) is 7.87. The van der Waals surface area contributed by atoms with E-state index in [9.17, 15) is 8.78 Å². The fraction of sp³-hybridized carbons (Fsp3) is 0.0526. The molecule has 2 aromatic heterocycles. The van der Waals surface area contributed by atoms with Crippen LogP contribution in [0.4, 0.5) is 19.6 Å². The van der Waals surface area contributed by atoms with Crippen molar-refractivity contribution in [1.82, 2.24) is 14.5 Å². The lowest BCUT2D eigenvalue weighted by atomic mass is 10.1. The fourth-order valence-electron chi connectivity index (χ4n) is 2.55. The van der Waals surface area contributed by atoms with E-state index in [4.69, 9.17) is 0 Å². The van der Waals surface area contributed by atoms with Crippen molar-refractivity contribution in [2.75, 3.05) is 5.32 Å². The Bertz CT molecular complexity index is 1050. The van der Waals surface area contributed by atoms with Gasteiger partial charge in [-0.2, -0.15) is 0 Å². The van der Waals surface area contributed by atoms with E-state index < -0.39 is 0 Å². The largest absolute Gasteiger partial charge is 0.332 e. The number of rotatable bonds is 4. The van der Waals surface area contributed by atoms with Crippen molar-refractivity contribution in [3.63, 3.8) is 0 Å². The fourth-order valence-corrected chi connectivity index (χ4v) is 3.29.